The molecule has 0 radical (unpaired) electrons. The van der Waals surface area contributed by atoms with E-state index in [0.717, 1.165) is 22.9 Å². The van der Waals surface area contributed by atoms with Crippen LogP contribution in [0.2, 0.25) is 5.02 Å². The molecule has 1 unspecified atom stereocenters. The molecule has 2 aromatic carbocycles. The second-order valence-corrected chi connectivity index (χ2v) is 8.02. The lowest BCUT2D eigenvalue weighted by atomic mass is 9.97. The van der Waals surface area contributed by atoms with Crippen LogP contribution in [0.25, 0.3) is 0 Å². The van der Waals surface area contributed by atoms with Crippen molar-refractivity contribution in [2.24, 2.45) is 0 Å². The average Bonchev–Trinajstić information content (AvgIpc) is 3.16. The summed E-state index contributed by atoms with van der Waals surface area (Å²) in [6.07, 6.45) is -3.81. The highest BCUT2D eigenvalue weighted by Crippen LogP contribution is 2.41. The lowest BCUT2D eigenvalue weighted by Gasteiger charge is -2.27. The number of nitrogens with one attached hydrogen (secondary N) is 4. The molecule has 8 nitrogen and oxygen atoms in total. The first kappa shape index (κ1) is 25.0. The van der Waals surface area contributed by atoms with E-state index in [4.69, 9.17) is 11.6 Å². The second kappa shape index (κ2) is 9.15. The highest BCUT2D eigenvalue weighted by atomic mass is 35.5. The van der Waals surface area contributed by atoms with Crippen LogP contribution in [0.1, 0.15) is 33.1 Å². The molecule has 4 rings (SSSR count). The van der Waals surface area contributed by atoms with E-state index in [-0.39, 0.29) is 33.7 Å². The lowest BCUT2D eigenvalue weighted by Crippen LogP contribution is -2.40. The van der Waals surface area contributed by atoms with E-state index in [1.54, 1.807) is 0 Å². The van der Waals surface area contributed by atoms with Crippen molar-refractivity contribution in [2.45, 2.75) is 12.2 Å². The van der Waals surface area contributed by atoms with Crippen LogP contribution < -0.4 is 21.3 Å². The third-order valence-corrected chi connectivity index (χ3v) is 5.62. The monoisotopic (exact) mass is 527 g/mol. The lowest BCUT2D eigenvalue weighted by molar-refractivity contribution is -0.137. The molecule has 4 N–H and O–H groups in total. The molecule has 1 atom stereocenters. The van der Waals surface area contributed by atoms with E-state index in [0.29, 0.717) is 12.1 Å². The van der Waals surface area contributed by atoms with E-state index in [1.807, 2.05) is 0 Å². The third-order valence-electron chi connectivity index (χ3n) is 5.28. The van der Waals surface area contributed by atoms with E-state index in [1.165, 1.54) is 13.1 Å². The number of urea groups is 1. The van der Waals surface area contributed by atoms with Gasteiger partial charge in [-0.25, -0.2) is 18.4 Å². The Balaban J connectivity index is 1.84. The molecule has 36 heavy (non-hydrogen) atoms. The number of carbonyl (C=O) groups excluding carboxylic acids is 3. The number of carbonyl (C=O) groups is 3. The zero-order valence-electron chi connectivity index (χ0n) is 18.1. The number of aromatic nitrogens is 1. The van der Waals surface area contributed by atoms with Gasteiger partial charge >= 0.3 is 18.2 Å². The second-order valence-electron chi connectivity index (χ2n) is 7.61. The normalized spacial score (nSPS) is 15.0. The van der Waals surface area contributed by atoms with Gasteiger partial charge in [-0.2, -0.15) is 13.2 Å². The molecule has 0 fully saturated rings. The van der Waals surface area contributed by atoms with Crippen LogP contribution in [0.3, 0.4) is 0 Å². The molecule has 188 valence electrons. The number of alkyl halides is 3. The van der Waals surface area contributed by atoms with Crippen molar-refractivity contribution in [2.75, 3.05) is 17.7 Å². The van der Waals surface area contributed by atoms with Crippen molar-refractivity contribution >= 4 is 41.1 Å². The fourth-order valence-corrected chi connectivity index (χ4v) is 3.94. The minimum absolute atomic E-state index is 0.0412. The van der Waals surface area contributed by atoms with Gasteiger partial charge in [0.1, 0.15) is 17.5 Å². The number of amides is 4. The van der Waals surface area contributed by atoms with Crippen molar-refractivity contribution in [1.82, 2.24) is 15.2 Å². The summed E-state index contributed by atoms with van der Waals surface area (Å²) in [5, 5.41) is 9.63. The molecule has 0 spiro atoms. The van der Waals surface area contributed by atoms with Crippen LogP contribution >= 0.6 is 11.6 Å². The van der Waals surface area contributed by atoms with Gasteiger partial charge in [-0.3, -0.25) is 14.7 Å². The minimum atomic E-state index is -4.91. The maximum Gasteiger partial charge on any atom is 0.416 e. The first-order chi connectivity index (χ1) is 16.9. The zero-order chi connectivity index (χ0) is 26.4. The van der Waals surface area contributed by atoms with E-state index >= 15 is 0 Å². The minimum Gasteiger partial charge on any atom is -0.340 e. The molecule has 4 amide bonds. The number of hydrogen-bond acceptors (Lipinski definition) is 3. The molecule has 2 heterocycles. The van der Waals surface area contributed by atoms with Gasteiger partial charge in [-0.15, -0.1) is 0 Å². The molecule has 0 aliphatic carbocycles. The third kappa shape index (κ3) is 4.69. The Bertz CT molecular complexity index is 1410. The fourth-order valence-electron chi connectivity index (χ4n) is 3.72. The van der Waals surface area contributed by atoms with Gasteiger partial charge in [0.15, 0.2) is 0 Å². The highest BCUT2D eigenvalue weighted by molar-refractivity contribution is 6.31. The topological polar surface area (TPSA) is 104 Å². The Morgan fingerprint density at radius 1 is 1.08 bits per heavy atom. The van der Waals surface area contributed by atoms with Gasteiger partial charge in [0.25, 0.3) is 5.91 Å². The van der Waals surface area contributed by atoms with Crippen molar-refractivity contribution in [3.05, 3.63) is 81.5 Å². The number of fused-ring (bicyclic) bond motifs is 1. The van der Waals surface area contributed by atoms with Crippen molar-refractivity contribution in [3.63, 3.8) is 0 Å². The van der Waals surface area contributed by atoms with E-state index < -0.39 is 52.9 Å². The molecule has 3 aromatic rings. The number of halogens is 6. The Labute approximate surface area is 204 Å². The van der Waals surface area contributed by atoms with Crippen molar-refractivity contribution < 1.29 is 36.3 Å². The van der Waals surface area contributed by atoms with Gasteiger partial charge in [-0.05, 0) is 36.4 Å². The molecular weight excluding hydrogens is 513 g/mol. The predicted molar refractivity (Wildman–Crippen MR) is 119 cm³/mol. The number of rotatable bonds is 3. The zero-order valence-corrected chi connectivity index (χ0v) is 18.8. The molecule has 14 heteroatoms. The Morgan fingerprint density at radius 3 is 2.47 bits per heavy atom. The molecule has 0 bridgehead atoms. The van der Waals surface area contributed by atoms with E-state index in [9.17, 15) is 36.3 Å². The Morgan fingerprint density at radius 2 is 1.81 bits per heavy atom. The molecular formula is C22H15ClF5N5O3. The largest absolute Gasteiger partial charge is 0.416 e. The fraction of sp³-hybridized carbons (Fsp3) is 0.136. The average molecular weight is 528 g/mol. The van der Waals surface area contributed by atoms with Crippen molar-refractivity contribution in [1.29, 1.82) is 0 Å². The standard InChI is InChI=1S/C22H15ClF5N5O3/c1-29-21(36)33-8-15(30-19(34)9-4-10(22(26,27)28)6-12(25)5-9)16-17(31-20(35)32-18(16)33)13-7-11(24)2-3-14(13)23/h2-8,17H,1H3,(H,29,36)(H,30,34)(H2,31,32,35). The molecule has 1 aliphatic rings. The van der Waals surface area contributed by atoms with Gasteiger partial charge < -0.3 is 16.0 Å². The summed E-state index contributed by atoms with van der Waals surface area (Å²) in [6, 6.07) is 1.94. The SMILES string of the molecule is CNC(=O)n1cc(NC(=O)c2cc(F)cc(C(F)(F)F)c2)c2c1NC(=O)NC2c1cc(F)ccc1Cl. The summed E-state index contributed by atoms with van der Waals surface area (Å²) in [5.41, 5.74) is -2.06. The van der Waals surface area contributed by atoms with Gasteiger partial charge in [0.05, 0.1) is 17.3 Å². The maximum atomic E-state index is 14.0. The molecule has 0 saturated heterocycles. The van der Waals surface area contributed by atoms with Crippen LogP contribution in [0.5, 0.6) is 0 Å². The van der Waals surface area contributed by atoms with E-state index in [2.05, 4.69) is 21.3 Å². The smallest absolute Gasteiger partial charge is 0.340 e. The van der Waals surface area contributed by atoms with Crippen LogP contribution in [0.4, 0.5) is 43.0 Å². The Kier molecular flexibility index (Phi) is 6.35. The first-order valence-corrected chi connectivity index (χ1v) is 10.5. The van der Waals surface area contributed by atoms with Crippen LogP contribution in [-0.4, -0.2) is 29.6 Å². The summed E-state index contributed by atoms with van der Waals surface area (Å²) in [7, 11) is 1.29. The summed E-state index contributed by atoms with van der Waals surface area (Å²) < 4.78 is 68.1. The number of hydrogen-bond donors (Lipinski definition) is 4. The summed E-state index contributed by atoms with van der Waals surface area (Å²) in [5.74, 6) is -3.25. The maximum absolute atomic E-state index is 14.0. The van der Waals surface area contributed by atoms with Crippen LogP contribution in [0, 0.1) is 11.6 Å². The van der Waals surface area contributed by atoms with Crippen LogP contribution in [-0.2, 0) is 6.18 Å². The van der Waals surface area contributed by atoms with Crippen LogP contribution in [0.15, 0.2) is 42.6 Å². The van der Waals surface area contributed by atoms with Gasteiger partial charge in [0.2, 0.25) is 0 Å². The van der Waals surface area contributed by atoms with Gasteiger partial charge in [0, 0.05) is 35.0 Å². The predicted octanol–water partition coefficient (Wildman–Crippen LogP) is 5.10. The quantitative estimate of drug-likeness (QED) is 0.356. The molecule has 1 aromatic heterocycles. The van der Waals surface area contributed by atoms with Gasteiger partial charge in [-0.1, -0.05) is 11.6 Å². The summed E-state index contributed by atoms with van der Waals surface area (Å²) >= 11 is 6.21. The number of nitrogens with zero attached hydrogens (tertiary/aromatic N) is 1. The summed E-state index contributed by atoms with van der Waals surface area (Å²) in [6.45, 7) is 0. The number of anilines is 2. The molecule has 0 saturated carbocycles. The Hall–Kier alpha value is -4.13. The summed E-state index contributed by atoms with van der Waals surface area (Å²) in [4.78, 5) is 37.6. The highest BCUT2D eigenvalue weighted by Gasteiger charge is 2.36. The molecule has 1 aliphatic heterocycles. The van der Waals surface area contributed by atoms with Crippen molar-refractivity contribution in [3.8, 4) is 0 Å². The number of benzene rings is 2. The first-order valence-electron chi connectivity index (χ1n) is 10.1.